The van der Waals surface area contributed by atoms with E-state index in [4.69, 9.17) is 9.47 Å². The molecule has 9 atom stereocenters. The maximum absolute atomic E-state index is 13.7. The van der Waals surface area contributed by atoms with Gasteiger partial charge in [0.05, 0.1) is 6.10 Å². The lowest BCUT2D eigenvalue weighted by Gasteiger charge is -2.61. The highest BCUT2D eigenvalue weighted by molar-refractivity contribution is 6.01. The van der Waals surface area contributed by atoms with E-state index >= 15 is 0 Å². The quantitative estimate of drug-likeness (QED) is 0.531. The van der Waals surface area contributed by atoms with Gasteiger partial charge < -0.3 is 19.7 Å². The van der Waals surface area contributed by atoms with Crippen molar-refractivity contribution in [2.45, 2.75) is 84.5 Å². The van der Waals surface area contributed by atoms with E-state index in [-0.39, 0.29) is 48.7 Å². The molecule has 4 rings (SSSR count). The van der Waals surface area contributed by atoms with E-state index in [9.17, 15) is 29.4 Å². The molecule has 0 spiro atoms. The molecule has 4 aliphatic rings. The number of rotatable bonds is 6. The zero-order valence-corrected chi connectivity index (χ0v) is 21.8. The minimum atomic E-state index is -1.62. The first-order chi connectivity index (χ1) is 16.8. The third kappa shape index (κ3) is 3.88. The van der Waals surface area contributed by atoms with Gasteiger partial charge in [0.2, 0.25) is 5.78 Å². The van der Waals surface area contributed by atoms with Crippen LogP contribution in [0.3, 0.4) is 0 Å². The predicted octanol–water partition coefficient (Wildman–Crippen LogP) is 2.70. The smallest absolute Gasteiger partial charge is 0.335 e. The van der Waals surface area contributed by atoms with E-state index in [0.29, 0.717) is 6.42 Å². The fraction of sp³-hybridized carbons (Fsp3) is 0.714. The molecule has 3 fully saturated rings. The Bertz CT molecular complexity index is 1030. The molecule has 4 aliphatic carbocycles. The average Bonchev–Trinajstić information content (AvgIpc) is 3.10. The van der Waals surface area contributed by atoms with Gasteiger partial charge in [0.15, 0.2) is 18.0 Å². The second-order valence-electron chi connectivity index (χ2n) is 11.6. The van der Waals surface area contributed by atoms with Crippen LogP contribution in [0.2, 0.25) is 0 Å². The highest BCUT2D eigenvalue weighted by Crippen LogP contribution is 2.68. The van der Waals surface area contributed by atoms with Gasteiger partial charge >= 0.3 is 11.9 Å². The molecule has 0 aromatic heterocycles. The predicted molar refractivity (Wildman–Crippen MR) is 129 cm³/mol. The Labute approximate surface area is 212 Å². The fourth-order valence-electron chi connectivity index (χ4n) is 8.04. The molecule has 8 heteroatoms. The zero-order chi connectivity index (χ0) is 26.6. The first kappa shape index (κ1) is 26.7. The Morgan fingerprint density at radius 2 is 1.94 bits per heavy atom. The molecule has 0 heterocycles. The summed E-state index contributed by atoms with van der Waals surface area (Å²) in [5.41, 5.74) is -1.99. The van der Waals surface area contributed by atoms with Crippen LogP contribution < -0.4 is 0 Å². The summed E-state index contributed by atoms with van der Waals surface area (Å²) in [6.45, 7) is 8.44. The Hall–Kier alpha value is -2.32. The molecule has 0 amide bonds. The number of carbonyl (C=O) groups is 4. The number of aliphatic hydroxyl groups is 2. The van der Waals surface area contributed by atoms with Crippen LogP contribution in [-0.2, 0) is 28.7 Å². The van der Waals surface area contributed by atoms with Crippen LogP contribution in [0, 0.1) is 34.5 Å². The number of allylic oxidation sites excluding steroid dienone is 4. The van der Waals surface area contributed by atoms with Crippen LogP contribution in [0.1, 0.15) is 66.7 Å². The van der Waals surface area contributed by atoms with E-state index in [1.807, 2.05) is 13.0 Å². The Morgan fingerprint density at radius 3 is 2.58 bits per heavy atom. The van der Waals surface area contributed by atoms with Gasteiger partial charge in [-0.1, -0.05) is 39.3 Å². The number of aliphatic hydroxyl groups excluding tert-OH is 2. The summed E-state index contributed by atoms with van der Waals surface area (Å²) in [7, 11) is 0. The van der Waals surface area contributed by atoms with Crippen LogP contribution in [0.25, 0.3) is 0 Å². The van der Waals surface area contributed by atoms with Gasteiger partial charge in [-0.2, -0.15) is 0 Å². The van der Waals surface area contributed by atoms with Gasteiger partial charge in [-0.15, -0.1) is 0 Å². The number of carbonyl (C=O) groups excluding carboxylic acids is 4. The van der Waals surface area contributed by atoms with Crippen LogP contribution in [-0.4, -0.2) is 58.1 Å². The summed E-state index contributed by atoms with van der Waals surface area (Å²) < 4.78 is 11.0. The molecular weight excluding hydrogens is 464 g/mol. The van der Waals surface area contributed by atoms with Gasteiger partial charge in [-0.25, -0.2) is 4.79 Å². The largest absolute Gasteiger partial charge is 0.457 e. The lowest BCUT2D eigenvalue weighted by atomic mass is 9.44. The van der Waals surface area contributed by atoms with E-state index in [2.05, 4.69) is 13.8 Å². The number of fused-ring (bicyclic) bond motifs is 5. The standard InChI is InChI=1S/C28H38O8/c1-6-23(33)35-14-22(32)28(36-25(34)16(3)29)10-8-19-18-11-15(2)20-12-17(30)7-9-26(20,4)24(18)21(31)13-27(19,28)5/h7,9,12,15-16,18-19,21,24,29,31H,6,8,10-11,13-14H2,1-5H3/t15?,16?,18-,19-,21?,24+,26-,27-,28-/m0/s1. The number of hydrogen-bond donors (Lipinski definition) is 2. The van der Waals surface area contributed by atoms with Crippen molar-refractivity contribution < 1.29 is 38.9 Å². The van der Waals surface area contributed by atoms with E-state index in [1.165, 1.54) is 6.92 Å². The first-order valence-electron chi connectivity index (χ1n) is 13.0. The molecule has 3 saturated carbocycles. The highest BCUT2D eigenvalue weighted by Gasteiger charge is 2.71. The second-order valence-corrected chi connectivity index (χ2v) is 11.6. The molecule has 0 saturated heterocycles. The Kier molecular flexibility index (Phi) is 6.84. The maximum Gasteiger partial charge on any atom is 0.335 e. The van der Waals surface area contributed by atoms with Crippen molar-refractivity contribution in [2.24, 2.45) is 34.5 Å². The Balaban J connectivity index is 1.75. The van der Waals surface area contributed by atoms with E-state index in [0.717, 1.165) is 12.0 Å². The second kappa shape index (κ2) is 9.21. The van der Waals surface area contributed by atoms with E-state index < -0.39 is 53.0 Å². The van der Waals surface area contributed by atoms with Gasteiger partial charge in [-0.3, -0.25) is 14.4 Å². The Morgan fingerprint density at radius 1 is 1.25 bits per heavy atom. The van der Waals surface area contributed by atoms with E-state index in [1.54, 1.807) is 19.1 Å². The van der Waals surface area contributed by atoms with Crippen molar-refractivity contribution in [3.05, 3.63) is 23.8 Å². The summed E-state index contributed by atoms with van der Waals surface area (Å²) in [4.78, 5) is 50.3. The molecule has 0 aromatic rings. The van der Waals surface area contributed by atoms with Crippen molar-refractivity contribution in [2.75, 3.05) is 6.61 Å². The molecule has 8 nitrogen and oxygen atoms in total. The molecule has 0 aromatic carbocycles. The van der Waals surface area contributed by atoms with Crippen LogP contribution in [0.5, 0.6) is 0 Å². The minimum absolute atomic E-state index is 0.0203. The summed E-state index contributed by atoms with van der Waals surface area (Å²) in [5.74, 6) is -2.08. The van der Waals surface area contributed by atoms with Crippen molar-refractivity contribution in [3.8, 4) is 0 Å². The van der Waals surface area contributed by atoms with Crippen LogP contribution >= 0.6 is 0 Å². The molecule has 198 valence electrons. The summed E-state index contributed by atoms with van der Waals surface area (Å²) >= 11 is 0. The normalized spacial score (nSPS) is 41.9. The zero-order valence-electron chi connectivity index (χ0n) is 21.8. The summed E-state index contributed by atoms with van der Waals surface area (Å²) in [5, 5.41) is 21.6. The number of ketones is 2. The molecule has 2 N–H and O–H groups in total. The van der Waals surface area contributed by atoms with Gasteiger partial charge in [0.1, 0.15) is 6.10 Å². The third-order valence-electron chi connectivity index (χ3n) is 9.66. The number of esters is 2. The molecule has 0 aliphatic heterocycles. The lowest BCUT2D eigenvalue weighted by molar-refractivity contribution is -0.206. The molecule has 36 heavy (non-hydrogen) atoms. The van der Waals surface area contributed by atoms with Crippen LogP contribution in [0.15, 0.2) is 23.8 Å². The molecule has 3 unspecified atom stereocenters. The monoisotopic (exact) mass is 502 g/mol. The highest BCUT2D eigenvalue weighted by atomic mass is 16.6. The van der Waals surface area contributed by atoms with Crippen molar-refractivity contribution >= 4 is 23.5 Å². The van der Waals surface area contributed by atoms with Gasteiger partial charge in [-0.05, 0) is 62.5 Å². The first-order valence-corrected chi connectivity index (χ1v) is 13.0. The SMILES string of the molecule is CCC(=O)OCC(=O)[C@@]1(OC(=O)C(C)O)CC[C@H]2[C@@H]3CC(C)C4=CC(=O)C=C[C@]4(C)[C@H]3C(O)C[C@@]21C. The van der Waals surface area contributed by atoms with Crippen LogP contribution in [0.4, 0.5) is 0 Å². The van der Waals surface area contributed by atoms with Gasteiger partial charge in [0.25, 0.3) is 0 Å². The number of Topliss-reactive ketones (excluding diaryl/α,β-unsaturated/α-hetero) is 1. The van der Waals surface area contributed by atoms with Gasteiger partial charge in [0, 0.05) is 23.2 Å². The van der Waals surface area contributed by atoms with Crippen molar-refractivity contribution in [1.29, 1.82) is 0 Å². The molecular formula is C28H38O8. The third-order valence-corrected chi connectivity index (χ3v) is 9.66. The topological polar surface area (TPSA) is 127 Å². The summed E-state index contributed by atoms with van der Waals surface area (Å²) in [6.07, 6.45) is 4.84. The number of ether oxygens (including phenoxy) is 2. The minimum Gasteiger partial charge on any atom is -0.457 e. The average molecular weight is 503 g/mol. The maximum atomic E-state index is 13.7. The lowest BCUT2D eigenvalue weighted by Crippen LogP contribution is -2.64. The van der Waals surface area contributed by atoms with Crippen molar-refractivity contribution in [1.82, 2.24) is 0 Å². The summed E-state index contributed by atoms with van der Waals surface area (Å²) in [6, 6.07) is 0. The number of hydrogen-bond acceptors (Lipinski definition) is 8. The molecule has 0 bridgehead atoms. The fourth-order valence-corrected chi connectivity index (χ4v) is 8.04. The molecule has 0 radical (unpaired) electrons. The van der Waals surface area contributed by atoms with Crippen molar-refractivity contribution in [3.63, 3.8) is 0 Å².